The Hall–Kier alpha value is -3.86. The molecule has 12 heteroatoms. The van der Waals surface area contributed by atoms with E-state index in [1.54, 1.807) is 48.5 Å². The highest BCUT2D eigenvalue weighted by Crippen LogP contribution is 2.30. The standard InChI is InChI=1S/C28H31ClF3N5O3.C2H6/c1-2-17-6-8-18(9-7-17)25(34)37(13-12-28(30,31)32)27(40)35-16-23(33)22-11-10-19(26(38)39)14-24(22)36-21-5-3-4-20(29)15-21;1-2/h3-9,15,19,34H,2,10-14,16,33H2,1H3,(H,35,40)(H,38,39);1-2H3/b23-22-,34-25?,36-24?;. The van der Waals surface area contributed by atoms with Gasteiger partial charge in [-0.25, -0.2) is 4.79 Å². The van der Waals surface area contributed by atoms with Crippen molar-refractivity contribution < 1.29 is 27.9 Å². The lowest BCUT2D eigenvalue weighted by Gasteiger charge is -2.26. The monoisotopic (exact) mass is 607 g/mol. The summed E-state index contributed by atoms with van der Waals surface area (Å²) in [6.07, 6.45) is -4.36. The Balaban J connectivity index is 0.00000301. The van der Waals surface area contributed by atoms with E-state index in [9.17, 15) is 27.9 Å². The van der Waals surface area contributed by atoms with Gasteiger partial charge in [0.15, 0.2) is 0 Å². The number of carboxylic acids is 1. The third-order valence-electron chi connectivity index (χ3n) is 6.54. The van der Waals surface area contributed by atoms with Gasteiger partial charge >= 0.3 is 18.2 Å². The van der Waals surface area contributed by atoms with Crippen molar-refractivity contribution in [3.05, 3.63) is 76.0 Å². The molecule has 1 saturated carbocycles. The van der Waals surface area contributed by atoms with E-state index in [4.69, 9.17) is 22.7 Å². The second-order valence-electron chi connectivity index (χ2n) is 9.39. The van der Waals surface area contributed by atoms with E-state index in [-0.39, 0.29) is 30.9 Å². The van der Waals surface area contributed by atoms with E-state index in [1.807, 2.05) is 20.8 Å². The van der Waals surface area contributed by atoms with Crippen LogP contribution in [0.1, 0.15) is 57.6 Å². The van der Waals surface area contributed by atoms with E-state index in [1.165, 1.54) is 0 Å². The molecule has 3 rings (SSSR count). The normalized spacial score (nSPS) is 17.1. The van der Waals surface area contributed by atoms with Crippen molar-refractivity contribution >= 4 is 40.8 Å². The number of urea groups is 1. The summed E-state index contributed by atoms with van der Waals surface area (Å²) in [5.41, 5.74) is 9.29. The number of benzene rings is 2. The zero-order valence-corrected chi connectivity index (χ0v) is 24.6. The molecule has 8 nitrogen and oxygen atoms in total. The Bertz CT molecular complexity index is 1310. The number of aliphatic imine (C=N–C) groups is 1. The molecule has 0 saturated heterocycles. The first-order valence-electron chi connectivity index (χ1n) is 13.7. The number of amidine groups is 1. The van der Waals surface area contributed by atoms with Crippen LogP contribution in [-0.4, -0.2) is 52.8 Å². The van der Waals surface area contributed by atoms with Gasteiger partial charge in [0.05, 0.1) is 24.6 Å². The predicted octanol–water partition coefficient (Wildman–Crippen LogP) is 7.09. The van der Waals surface area contributed by atoms with Crippen LogP contribution in [0.15, 0.2) is 64.8 Å². The fraction of sp³-hybridized carbons (Fsp3) is 0.400. The van der Waals surface area contributed by atoms with Crippen LogP contribution < -0.4 is 11.1 Å². The average Bonchev–Trinajstić information content (AvgIpc) is 2.96. The molecule has 0 spiro atoms. The smallest absolute Gasteiger partial charge is 0.390 e. The van der Waals surface area contributed by atoms with Crippen LogP contribution in [0.4, 0.5) is 23.7 Å². The lowest BCUT2D eigenvalue weighted by Crippen LogP contribution is -2.46. The van der Waals surface area contributed by atoms with Crippen LogP contribution in [0.25, 0.3) is 0 Å². The molecule has 1 fully saturated rings. The average molecular weight is 608 g/mol. The first kappa shape index (κ1) is 34.3. The van der Waals surface area contributed by atoms with Crippen LogP contribution >= 0.6 is 11.6 Å². The number of nitrogens with zero attached hydrogens (tertiary/aromatic N) is 2. The fourth-order valence-electron chi connectivity index (χ4n) is 4.27. The summed E-state index contributed by atoms with van der Waals surface area (Å²) >= 11 is 6.05. The molecule has 42 heavy (non-hydrogen) atoms. The Kier molecular flexibility index (Phi) is 13.0. The molecule has 1 aliphatic rings. The summed E-state index contributed by atoms with van der Waals surface area (Å²) in [6, 6.07) is 12.5. The summed E-state index contributed by atoms with van der Waals surface area (Å²) in [7, 11) is 0. The highest BCUT2D eigenvalue weighted by Gasteiger charge is 2.32. The van der Waals surface area contributed by atoms with Gasteiger partial charge in [0.1, 0.15) is 5.84 Å². The topological polar surface area (TPSA) is 132 Å². The maximum absolute atomic E-state index is 13.0. The van der Waals surface area contributed by atoms with Crippen molar-refractivity contribution in [2.75, 3.05) is 13.1 Å². The van der Waals surface area contributed by atoms with Crippen LogP contribution in [-0.2, 0) is 11.2 Å². The molecule has 2 amide bonds. The molecule has 1 unspecified atom stereocenters. The first-order chi connectivity index (χ1) is 19.9. The number of nitrogens with one attached hydrogen (secondary N) is 2. The second kappa shape index (κ2) is 16.0. The van der Waals surface area contributed by atoms with Crippen molar-refractivity contribution in [3.8, 4) is 0 Å². The van der Waals surface area contributed by atoms with E-state index in [0.717, 1.165) is 16.9 Å². The molecule has 0 heterocycles. The van der Waals surface area contributed by atoms with Crippen LogP contribution in [0, 0.1) is 11.3 Å². The predicted molar refractivity (Wildman–Crippen MR) is 160 cm³/mol. The number of hydrogen-bond donors (Lipinski definition) is 4. The highest BCUT2D eigenvalue weighted by atomic mass is 35.5. The zero-order chi connectivity index (χ0) is 31.4. The van der Waals surface area contributed by atoms with E-state index < -0.39 is 37.1 Å². The fourth-order valence-corrected chi connectivity index (χ4v) is 4.46. The Labute approximate surface area is 249 Å². The van der Waals surface area contributed by atoms with Gasteiger partial charge in [-0.3, -0.25) is 20.1 Å². The third-order valence-corrected chi connectivity index (χ3v) is 6.77. The Morgan fingerprint density at radius 2 is 1.86 bits per heavy atom. The summed E-state index contributed by atoms with van der Waals surface area (Å²) < 4.78 is 39.1. The Morgan fingerprint density at radius 3 is 2.43 bits per heavy atom. The number of amides is 2. The van der Waals surface area contributed by atoms with Gasteiger partial charge in [-0.15, -0.1) is 0 Å². The molecule has 2 aromatic carbocycles. The molecular formula is C30H37ClF3N5O3. The maximum Gasteiger partial charge on any atom is 0.390 e. The van der Waals surface area contributed by atoms with Gasteiger partial charge < -0.3 is 16.2 Å². The number of hydrogen-bond acceptors (Lipinski definition) is 5. The minimum absolute atomic E-state index is 0.113. The van der Waals surface area contributed by atoms with Crippen molar-refractivity contribution in [3.63, 3.8) is 0 Å². The van der Waals surface area contributed by atoms with E-state index in [0.29, 0.717) is 34.0 Å². The number of carbonyl (C=O) groups excluding carboxylic acids is 1. The van der Waals surface area contributed by atoms with Gasteiger partial charge in [-0.2, -0.15) is 13.2 Å². The quantitative estimate of drug-likeness (QED) is 0.188. The summed E-state index contributed by atoms with van der Waals surface area (Å²) in [5.74, 6) is -2.00. The molecule has 0 bridgehead atoms. The highest BCUT2D eigenvalue weighted by molar-refractivity contribution is 6.30. The van der Waals surface area contributed by atoms with Gasteiger partial charge in [-0.05, 0) is 48.6 Å². The van der Waals surface area contributed by atoms with Gasteiger partial charge in [-0.1, -0.05) is 62.7 Å². The minimum Gasteiger partial charge on any atom is -0.481 e. The lowest BCUT2D eigenvalue weighted by molar-refractivity contribution is -0.141. The van der Waals surface area contributed by atoms with Gasteiger partial charge in [0.2, 0.25) is 0 Å². The maximum atomic E-state index is 13.0. The van der Waals surface area contributed by atoms with Crippen molar-refractivity contribution in [2.24, 2.45) is 16.6 Å². The molecule has 0 radical (unpaired) electrons. The molecule has 1 atom stereocenters. The molecule has 0 aromatic heterocycles. The van der Waals surface area contributed by atoms with Crippen molar-refractivity contribution in [1.29, 1.82) is 5.41 Å². The first-order valence-corrected chi connectivity index (χ1v) is 14.1. The second-order valence-corrected chi connectivity index (χ2v) is 9.83. The molecule has 1 aliphatic carbocycles. The molecule has 5 N–H and O–H groups in total. The number of carbonyl (C=O) groups is 2. The van der Waals surface area contributed by atoms with E-state index in [2.05, 4.69) is 10.3 Å². The molecule has 2 aromatic rings. The molecule has 0 aliphatic heterocycles. The zero-order valence-electron chi connectivity index (χ0n) is 23.9. The molecule has 228 valence electrons. The minimum atomic E-state index is -4.53. The third kappa shape index (κ3) is 10.2. The largest absolute Gasteiger partial charge is 0.481 e. The molecular weight excluding hydrogens is 571 g/mol. The van der Waals surface area contributed by atoms with Gasteiger partial charge in [0, 0.05) is 35.0 Å². The van der Waals surface area contributed by atoms with Crippen LogP contribution in [0.3, 0.4) is 0 Å². The number of carboxylic acid groups (broad SMARTS) is 1. The SMILES string of the molecule is CC.CCc1ccc(C(=N)N(CCC(F)(F)F)C(=O)NC/C(N)=C2\CCC(C(=O)O)CC2=Nc2cccc(Cl)c2)cc1. The van der Waals surface area contributed by atoms with Crippen molar-refractivity contribution in [1.82, 2.24) is 10.2 Å². The summed E-state index contributed by atoms with van der Waals surface area (Å²) in [6.45, 7) is 4.97. The van der Waals surface area contributed by atoms with Crippen molar-refractivity contribution in [2.45, 2.75) is 59.1 Å². The Morgan fingerprint density at radius 1 is 1.19 bits per heavy atom. The number of aryl methyl sites for hydroxylation is 1. The number of nitrogens with two attached hydrogens (primary N) is 1. The number of aliphatic carboxylic acids is 1. The summed E-state index contributed by atoms with van der Waals surface area (Å²) in [5, 5.41) is 20.9. The van der Waals surface area contributed by atoms with E-state index >= 15 is 0 Å². The number of alkyl halides is 3. The number of allylic oxidation sites excluding steroid dienone is 1. The number of halogens is 4. The van der Waals surface area contributed by atoms with Gasteiger partial charge in [0.25, 0.3) is 0 Å². The van der Waals surface area contributed by atoms with Crippen LogP contribution in [0.5, 0.6) is 0 Å². The lowest BCUT2D eigenvalue weighted by atomic mass is 9.83. The van der Waals surface area contributed by atoms with Crippen LogP contribution in [0.2, 0.25) is 5.02 Å². The number of rotatable bonds is 8. The summed E-state index contributed by atoms with van der Waals surface area (Å²) in [4.78, 5) is 30.0.